The number of halogens is 1. The molecular formula is C9H11ClN2OS. The van der Waals surface area contributed by atoms with Crippen LogP contribution in [0, 0.1) is 5.41 Å². The number of thioether (sulfide) groups is 1. The Hall–Kier alpha value is -0.870. The third-order valence-electron chi connectivity index (χ3n) is 1.73. The Kier molecular flexibility index (Phi) is 3.66. The Balaban J connectivity index is 2.90. The van der Waals surface area contributed by atoms with E-state index in [2.05, 4.69) is 0 Å². The summed E-state index contributed by atoms with van der Waals surface area (Å²) in [6.07, 6.45) is 0. The number of phenolic OH excluding ortho intramolecular Hbond substituents is 1. The van der Waals surface area contributed by atoms with Crippen molar-refractivity contribution in [3.63, 3.8) is 0 Å². The summed E-state index contributed by atoms with van der Waals surface area (Å²) in [5, 5.41) is 17.2. The van der Waals surface area contributed by atoms with Crippen molar-refractivity contribution in [2.24, 2.45) is 5.73 Å². The van der Waals surface area contributed by atoms with Crippen LogP contribution in [-0.2, 0) is 0 Å². The molecule has 0 bridgehead atoms. The molecule has 1 aromatic rings. The van der Waals surface area contributed by atoms with E-state index in [0.29, 0.717) is 5.02 Å². The van der Waals surface area contributed by atoms with E-state index in [0.717, 1.165) is 5.56 Å². The first-order valence-corrected chi connectivity index (χ1v) is 5.25. The van der Waals surface area contributed by atoms with E-state index in [1.54, 1.807) is 12.1 Å². The van der Waals surface area contributed by atoms with Gasteiger partial charge in [-0.1, -0.05) is 29.4 Å². The van der Waals surface area contributed by atoms with E-state index in [1.807, 2.05) is 6.92 Å². The normalized spacial score (nSPS) is 12.4. The molecule has 0 spiro atoms. The highest BCUT2D eigenvalue weighted by molar-refractivity contribution is 8.13. The maximum Gasteiger partial charge on any atom is 0.151 e. The van der Waals surface area contributed by atoms with Crippen LogP contribution in [0.5, 0.6) is 5.75 Å². The fourth-order valence-electron chi connectivity index (χ4n) is 1.11. The average Bonchev–Trinajstić information content (AvgIpc) is 2.01. The van der Waals surface area contributed by atoms with Gasteiger partial charge in [0.05, 0.1) is 0 Å². The summed E-state index contributed by atoms with van der Waals surface area (Å²) in [5.41, 5.74) is 5.98. The third-order valence-corrected chi connectivity index (χ3v) is 2.83. The second-order valence-electron chi connectivity index (χ2n) is 2.83. The molecule has 0 heterocycles. The van der Waals surface area contributed by atoms with Crippen LogP contribution in [-0.4, -0.2) is 10.3 Å². The predicted octanol–water partition coefficient (Wildman–Crippen LogP) is 2.73. The summed E-state index contributed by atoms with van der Waals surface area (Å²) in [6, 6.07) is 4.92. The first kappa shape index (κ1) is 11.2. The number of aromatic hydroxyl groups is 1. The number of rotatable bonds is 2. The van der Waals surface area contributed by atoms with E-state index in [4.69, 9.17) is 22.7 Å². The number of nitrogens with two attached hydrogens (primary N) is 1. The molecule has 0 radical (unpaired) electrons. The molecule has 5 heteroatoms. The Morgan fingerprint density at radius 1 is 1.64 bits per heavy atom. The van der Waals surface area contributed by atoms with E-state index < -0.39 is 0 Å². The molecule has 0 fully saturated rings. The Morgan fingerprint density at radius 2 is 2.29 bits per heavy atom. The van der Waals surface area contributed by atoms with E-state index in [-0.39, 0.29) is 16.2 Å². The van der Waals surface area contributed by atoms with Crippen molar-refractivity contribution in [2.45, 2.75) is 12.2 Å². The molecule has 1 rings (SSSR count). The minimum absolute atomic E-state index is 0.0341. The topological polar surface area (TPSA) is 70.1 Å². The molecule has 76 valence electrons. The van der Waals surface area contributed by atoms with Crippen molar-refractivity contribution in [3.05, 3.63) is 28.8 Å². The van der Waals surface area contributed by atoms with Gasteiger partial charge in [-0.05, 0) is 19.1 Å². The van der Waals surface area contributed by atoms with Crippen LogP contribution < -0.4 is 5.73 Å². The van der Waals surface area contributed by atoms with Gasteiger partial charge in [0.15, 0.2) is 5.17 Å². The predicted molar refractivity (Wildman–Crippen MR) is 61.0 cm³/mol. The van der Waals surface area contributed by atoms with Crippen LogP contribution in [0.2, 0.25) is 5.02 Å². The van der Waals surface area contributed by atoms with Gasteiger partial charge in [0.25, 0.3) is 0 Å². The maximum atomic E-state index is 9.57. The Bertz CT molecular complexity index is 357. The SMILES string of the molecule is CC(SC(=N)N)c1ccc(Cl)cc1O. The third kappa shape index (κ3) is 2.82. The number of phenols is 1. The molecule has 1 atom stereocenters. The zero-order valence-electron chi connectivity index (χ0n) is 7.62. The van der Waals surface area contributed by atoms with Gasteiger partial charge in [-0.2, -0.15) is 0 Å². The molecule has 0 saturated carbocycles. The second kappa shape index (κ2) is 4.57. The van der Waals surface area contributed by atoms with Crippen LogP contribution in [0.15, 0.2) is 18.2 Å². The number of hydrogen-bond acceptors (Lipinski definition) is 3. The monoisotopic (exact) mass is 230 g/mol. The van der Waals surface area contributed by atoms with Gasteiger partial charge in [0.2, 0.25) is 0 Å². The summed E-state index contributed by atoms with van der Waals surface area (Å²) in [6.45, 7) is 1.87. The molecule has 0 amide bonds. The highest BCUT2D eigenvalue weighted by Crippen LogP contribution is 2.34. The standard InChI is InChI=1S/C9H11ClN2OS/c1-5(14-9(11)12)7-3-2-6(10)4-8(7)13/h2-5,13H,1H3,(H3,11,12). The largest absolute Gasteiger partial charge is 0.508 e. The molecule has 0 aliphatic carbocycles. The number of nitrogens with one attached hydrogen (secondary N) is 1. The van der Waals surface area contributed by atoms with Crippen molar-refractivity contribution in [1.29, 1.82) is 5.41 Å². The highest BCUT2D eigenvalue weighted by Gasteiger charge is 2.12. The van der Waals surface area contributed by atoms with Crippen molar-refractivity contribution >= 4 is 28.5 Å². The quantitative estimate of drug-likeness (QED) is 0.541. The van der Waals surface area contributed by atoms with Crippen LogP contribution in [0.3, 0.4) is 0 Å². The molecule has 0 aliphatic rings. The lowest BCUT2D eigenvalue weighted by atomic mass is 10.1. The van der Waals surface area contributed by atoms with Crippen LogP contribution >= 0.6 is 23.4 Å². The molecule has 0 saturated heterocycles. The van der Waals surface area contributed by atoms with E-state index >= 15 is 0 Å². The van der Waals surface area contributed by atoms with Crippen LogP contribution in [0.25, 0.3) is 0 Å². The summed E-state index contributed by atoms with van der Waals surface area (Å²) >= 11 is 6.88. The number of hydrogen-bond donors (Lipinski definition) is 3. The molecule has 14 heavy (non-hydrogen) atoms. The van der Waals surface area contributed by atoms with Crippen molar-refractivity contribution in [2.75, 3.05) is 0 Å². The maximum absolute atomic E-state index is 9.57. The minimum atomic E-state index is -0.0511. The summed E-state index contributed by atoms with van der Waals surface area (Å²) in [5.74, 6) is 0.138. The van der Waals surface area contributed by atoms with Crippen LogP contribution in [0.1, 0.15) is 17.7 Å². The minimum Gasteiger partial charge on any atom is -0.508 e. The molecule has 1 aromatic carbocycles. The Morgan fingerprint density at radius 3 is 2.79 bits per heavy atom. The number of benzene rings is 1. The van der Waals surface area contributed by atoms with Gasteiger partial charge in [0.1, 0.15) is 5.75 Å². The van der Waals surface area contributed by atoms with Gasteiger partial charge in [-0.25, -0.2) is 0 Å². The number of amidine groups is 1. The second-order valence-corrected chi connectivity index (χ2v) is 4.65. The lowest BCUT2D eigenvalue weighted by Crippen LogP contribution is -2.06. The zero-order valence-corrected chi connectivity index (χ0v) is 9.19. The molecule has 0 aromatic heterocycles. The summed E-state index contributed by atoms with van der Waals surface area (Å²) < 4.78 is 0. The van der Waals surface area contributed by atoms with E-state index in [9.17, 15) is 5.11 Å². The van der Waals surface area contributed by atoms with E-state index in [1.165, 1.54) is 17.8 Å². The average molecular weight is 231 g/mol. The fourth-order valence-corrected chi connectivity index (χ4v) is 1.99. The zero-order chi connectivity index (χ0) is 10.7. The molecule has 4 N–H and O–H groups in total. The first-order valence-electron chi connectivity index (χ1n) is 4.00. The van der Waals surface area contributed by atoms with Gasteiger partial charge in [-0.15, -0.1) is 0 Å². The highest BCUT2D eigenvalue weighted by atomic mass is 35.5. The lowest BCUT2D eigenvalue weighted by molar-refractivity contribution is 0.468. The van der Waals surface area contributed by atoms with Gasteiger partial charge in [0, 0.05) is 15.8 Å². The van der Waals surface area contributed by atoms with Gasteiger partial charge >= 0.3 is 0 Å². The molecular weight excluding hydrogens is 220 g/mol. The van der Waals surface area contributed by atoms with Gasteiger partial charge < -0.3 is 10.8 Å². The summed E-state index contributed by atoms with van der Waals surface area (Å²) in [4.78, 5) is 0. The molecule has 1 unspecified atom stereocenters. The smallest absolute Gasteiger partial charge is 0.151 e. The van der Waals surface area contributed by atoms with Crippen LogP contribution in [0.4, 0.5) is 0 Å². The molecule has 3 nitrogen and oxygen atoms in total. The van der Waals surface area contributed by atoms with Crippen molar-refractivity contribution in [3.8, 4) is 5.75 Å². The lowest BCUT2D eigenvalue weighted by Gasteiger charge is -2.11. The van der Waals surface area contributed by atoms with Gasteiger partial charge in [-0.3, -0.25) is 5.41 Å². The van der Waals surface area contributed by atoms with Crippen molar-refractivity contribution < 1.29 is 5.11 Å². The first-order chi connectivity index (χ1) is 6.50. The Labute approximate surface area is 91.8 Å². The molecule has 0 aliphatic heterocycles. The fraction of sp³-hybridized carbons (Fsp3) is 0.222. The summed E-state index contributed by atoms with van der Waals surface area (Å²) in [7, 11) is 0. The van der Waals surface area contributed by atoms with Crippen molar-refractivity contribution in [1.82, 2.24) is 0 Å².